The highest BCUT2D eigenvalue weighted by atomic mass is 19.1. The van der Waals surface area contributed by atoms with Crippen LogP contribution in [0.1, 0.15) is 40.8 Å². The van der Waals surface area contributed by atoms with Crippen molar-refractivity contribution < 1.29 is 9.18 Å². The molecule has 0 aliphatic carbocycles. The lowest BCUT2D eigenvalue weighted by atomic mass is 9.92. The van der Waals surface area contributed by atoms with Crippen molar-refractivity contribution in [1.82, 2.24) is 24.5 Å². The number of halogens is 1. The van der Waals surface area contributed by atoms with Gasteiger partial charge < -0.3 is 4.90 Å². The SMILES string of the molecule is [B]c1cc2nc(C(=O)N3CC(F)c4ccccc4C3C)cc(-c3ccccn3)n2n1. The Bertz CT molecular complexity index is 1260. The van der Waals surface area contributed by atoms with Crippen LogP contribution in [0.25, 0.3) is 17.0 Å². The Morgan fingerprint density at radius 2 is 1.90 bits per heavy atom. The lowest BCUT2D eigenvalue weighted by molar-refractivity contribution is 0.0585. The van der Waals surface area contributed by atoms with Crippen molar-refractivity contribution in [3.8, 4) is 11.4 Å². The summed E-state index contributed by atoms with van der Waals surface area (Å²) in [5.41, 5.74) is 3.57. The molecule has 5 rings (SSSR count). The van der Waals surface area contributed by atoms with E-state index in [2.05, 4.69) is 15.1 Å². The van der Waals surface area contributed by atoms with Crippen molar-refractivity contribution in [2.45, 2.75) is 19.1 Å². The zero-order valence-corrected chi connectivity index (χ0v) is 16.2. The van der Waals surface area contributed by atoms with Crippen molar-refractivity contribution in [2.24, 2.45) is 0 Å². The summed E-state index contributed by atoms with van der Waals surface area (Å²) >= 11 is 0. The van der Waals surface area contributed by atoms with Gasteiger partial charge in [-0.3, -0.25) is 9.78 Å². The molecule has 4 heterocycles. The minimum Gasteiger partial charge on any atom is -0.327 e. The van der Waals surface area contributed by atoms with Crippen molar-refractivity contribution >= 4 is 25.0 Å². The fourth-order valence-electron chi connectivity index (χ4n) is 3.98. The average Bonchev–Trinajstić information content (AvgIpc) is 3.15. The maximum atomic E-state index is 14.8. The number of carbonyl (C=O) groups excluding carboxylic acids is 1. The molecule has 0 saturated carbocycles. The van der Waals surface area contributed by atoms with Crippen LogP contribution in [0, 0.1) is 0 Å². The van der Waals surface area contributed by atoms with Gasteiger partial charge >= 0.3 is 0 Å². The molecule has 2 radical (unpaired) electrons. The van der Waals surface area contributed by atoms with Crippen LogP contribution in [0.3, 0.4) is 0 Å². The number of hydrogen-bond donors (Lipinski definition) is 0. The molecule has 0 bridgehead atoms. The molecule has 1 aliphatic heterocycles. The van der Waals surface area contributed by atoms with Gasteiger partial charge in [0.05, 0.1) is 24.0 Å². The number of hydrogen-bond acceptors (Lipinski definition) is 4. The maximum absolute atomic E-state index is 14.8. The van der Waals surface area contributed by atoms with Gasteiger partial charge in [0.1, 0.15) is 19.7 Å². The number of nitrogens with zero attached hydrogens (tertiary/aromatic N) is 5. The van der Waals surface area contributed by atoms with E-state index in [-0.39, 0.29) is 29.8 Å². The van der Waals surface area contributed by atoms with Crippen LogP contribution >= 0.6 is 0 Å². The third-order valence-electron chi connectivity index (χ3n) is 5.46. The number of fused-ring (bicyclic) bond motifs is 2. The number of amides is 1. The largest absolute Gasteiger partial charge is 0.327 e. The highest BCUT2D eigenvalue weighted by molar-refractivity contribution is 6.31. The number of rotatable bonds is 2. The van der Waals surface area contributed by atoms with Gasteiger partial charge in [-0.1, -0.05) is 30.3 Å². The van der Waals surface area contributed by atoms with Crippen molar-refractivity contribution in [3.63, 3.8) is 0 Å². The third-order valence-corrected chi connectivity index (χ3v) is 5.46. The lowest BCUT2D eigenvalue weighted by Crippen LogP contribution is -2.40. The molecule has 1 aliphatic rings. The van der Waals surface area contributed by atoms with E-state index in [4.69, 9.17) is 7.85 Å². The fraction of sp³-hybridized carbons (Fsp3) is 0.182. The Labute approximate surface area is 173 Å². The molecule has 0 spiro atoms. The number of pyridine rings is 1. The minimum absolute atomic E-state index is 0.0236. The predicted molar refractivity (Wildman–Crippen MR) is 111 cm³/mol. The van der Waals surface area contributed by atoms with Crippen LogP contribution in [0.5, 0.6) is 0 Å². The molecule has 30 heavy (non-hydrogen) atoms. The van der Waals surface area contributed by atoms with Crippen molar-refractivity contribution in [3.05, 3.63) is 77.6 Å². The van der Waals surface area contributed by atoms with Crippen LogP contribution in [0.2, 0.25) is 0 Å². The van der Waals surface area contributed by atoms with E-state index >= 15 is 0 Å². The molecule has 146 valence electrons. The molecule has 0 N–H and O–H groups in total. The smallest absolute Gasteiger partial charge is 0.273 e. The van der Waals surface area contributed by atoms with Crippen LogP contribution < -0.4 is 5.59 Å². The average molecular weight is 397 g/mol. The summed E-state index contributed by atoms with van der Waals surface area (Å²) in [7, 11) is 5.86. The van der Waals surface area contributed by atoms with E-state index in [9.17, 15) is 9.18 Å². The molecular formula is C22H17BFN5O. The van der Waals surface area contributed by atoms with Crippen LogP contribution in [-0.2, 0) is 0 Å². The maximum Gasteiger partial charge on any atom is 0.273 e. The van der Waals surface area contributed by atoms with Crippen molar-refractivity contribution in [1.29, 1.82) is 0 Å². The first-order valence-electron chi connectivity index (χ1n) is 9.64. The molecule has 0 fully saturated rings. The summed E-state index contributed by atoms with van der Waals surface area (Å²) in [6, 6.07) is 15.7. The summed E-state index contributed by atoms with van der Waals surface area (Å²) in [4.78, 5) is 23.8. The molecule has 2 atom stereocenters. The van der Waals surface area contributed by atoms with Gasteiger partial charge in [-0.25, -0.2) is 13.9 Å². The Balaban J connectivity index is 1.61. The Kier molecular flexibility index (Phi) is 4.35. The summed E-state index contributed by atoms with van der Waals surface area (Å²) in [6.07, 6.45) is 0.416. The second-order valence-corrected chi connectivity index (χ2v) is 7.31. The van der Waals surface area contributed by atoms with E-state index in [1.807, 2.05) is 37.3 Å². The molecule has 8 heteroatoms. The van der Waals surface area contributed by atoms with Gasteiger partial charge in [0.25, 0.3) is 5.91 Å². The second-order valence-electron chi connectivity index (χ2n) is 7.31. The van der Waals surface area contributed by atoms with Crippen LogP contribution in [-0.4, -0.2) is 44.8 Å². The molecule has 0 saturated heterocycles. The van der Waals surface area contributed by atoms with Gasteiger partial charge in [0, 0.05) is 11.8 Å². The van der Waals surface area contributed by atoms with Crippen LogP contribution in [0.4, 0.5) is 4.39 Å². The summed E-state index contributed by atoms with van der Waals surface area (Å²) in [5.74, 6) is -0.348. The quantitative estimate of drug-likeness (QED) is 0.488. The lowest BCUT2D eigenvalue weighted by Gasteiger charge is -2.36. The Morgan fingerprint density at radius 3 is 2.67 bits per heavy atom. The van der Waals surface area contributed by atoms with Gasteiger partial charge in [-0.05, 0) is 42.3 Å². The summed E-state index contributed by atoms with van der Waals surface area (Å²) < 4.78 is 16.4. The molecule has 6 nitrogen and oxygen atoms in total. The zero-order chi connectivity index (χ0) is 20.8. The van der Waals surface area contributed by atoms with E-state index < -0.39 is 6.17 Å². The van der Waals surface area contributed by atoms with Gasteiger partial charge in [-0.15, -0.1) is 0 Å². The predicted octanol–water partition coefficient (Wildman–Crippen LogP) is 2.81. The molecule has 4 aromatic rings. The standard InChI is InChI=1S/C22H17BFN5O/c1-13-14-6-2-3-7-15(14)16(24)12-28(13)22(30)18-10-19(17-8-4-5-9-25-17)29-21(26-18)11-20(23)27-29/h2-11,13,16H,12H2,1H3. The van der Waals surface area contributed by atoms with Gasteiger partial charge in [0.15, 0.2) is 5.65 Å². The molecule has 1 amide bonds. The highest BCUT2D eigenvalue weighted by Crippen LogP contribution is 2.37. The van der Waals surface area contributed by atoms with E-state index in [1.54, 1.807) is 35.0 Å². The second kappa shape index (κ2) is 7.05. The highest BCUT2D eigenvalue weighted by Gasteiger charge is 2.34. The third kappa shape index (κ3) is 2.96. The van der Waals surface area contributed by atoms with Crippen molar-refractivity contribution in [2.75, 3.05) is 6.54 Å². The topological polar surface area (TPSA) is 63.4 Å². The Hall–Kier alpha value is -3.55. The minimum atomic E-state index is -1.24. The number of alkyl halides is 1. The first kappa shape index (κ1) is 18.5. The van der Waals surface area contributed by atoms with Gasteiger partial charge in [-0.2, -0.15) is 5.10 Å². The number of benzene rings is 1. The van der Waals surface area contributed by atoms with E-state index in [0.717, 1.165) is 5.56 Å². The first-order valence-corrected chi connectivity index (χ1v) is 9.64. The normalized spacial score (nSPS) is 18.4. The first-order chi connectivity index (χ1) is 14.5. The van der Waals surface area contributed by atoms with Crippen LogP contribution in [0.15, 0.2) is 60.8 Å². The molecule has 2 unspecified atom stereocenters. The molecule has 3 aromatic heterocycles. The zero-order valence-electron chi connectivity index (χ0n) is 16.2. The monoisotopic (exact) mass is 397 g/mol. The fourth-order valence-corrected chi connectivity index (χ4v) is 3.98. The summed E-state index contributed by atoms with van der Waals surface area (Å²) in [6.45, 7) is 1.88. The molecule has 1 aromatic carbocycles. The van der Waals surface area contributed by atoms with E-state index in [0.29, 0.717) is 22.6 Å². The van der Waals surface area contributed by atoms with E-state index in [1.165, 1.54) is 4.90 Å². The summed E-state index contributed by atoms with van der Waals surface area (Å²) in [5, 5.41) is 4.27. The van der Waals surface area contributed by atoms with Gasteiger partial charge in [0.2, 0.25) is 0 Å². The number of carbonyl (C=O) groups is 1. The number of aromatic nitrogens is 4. The molecular weight excluding hydrogens is 380 g/mol. The Morgan fingerprint density at radius 1 is 1.13 bits per heavy atom.